The van der Waals surface area contributed by atoms with Crippen LogP contribution in [0.15, 0.2) is 55.1 Å². The van der Waals surface area contributed by atoms with Crippen LogP contribution in [0.25, 0.3) is 0 Å². The quantitative estimate of drug-likeness (QED) is 0.279. The molecule has 0 aliphatic carbocycles. The summed E-state index contributed by atoms with van der Waals surface area (Å²) in [7, 11) is 1.54. The Morgan fingerprint density at radius 3 is 2.23 bits per heavy atom. The van der Waals surface area contributed by atoms with Gasteiger partial charge < -0.3 is 15.0 Å². The summed E-state index contributed by atoms with van der Waals surface area (Å²) in [5.41, 5.74) is -0.0406. The molecule has 39 heavy (non-hydrogen) atoms. The number of nitrogens with zero attached hydrogens (tertiary/aromatic N) is 2. The summed E-state index contributed by atoms with van der Waals surface area (Å²) in [5.74, 6) is -6.04. The Balaban J connectivity index is 1.64. The molecule has 0 saturated heterocycles. The van der Waals surface area contributed by atoms with Crippen molar-refractivity contribution in [1.29, 1.82) is 0 Å². The lowest BCUT2D eigenvalue weighted by molar-refractivity contribution is 0.0950. The van der Waals surface area contributed by atoms with Crippen LogP contribution in [0.2, 0.25) is 0 Å². The summed E-state index contributed by atoms with van der Waals surface area (Å²) in [6.07, 6.45) is 1.42. The maximum atomic E-state index is 14.9. The molecule has 6 nitrogen and oxygen atoms in total. The van der Waals surface area contributed by atoms with E-state index in [-0.39, 0.29) is 29.2 Å². The fraction of sp³-hybridized carbons (Fsp3) is 0.214. The minimum atomic E-state index is -1.16. The minimum Gasteiger partial charge on any atom is -0.489 e. The summed E-state index contributed by atoms with van der Waals surface area (Å²) < 4.78 is 76.1. The van der Waals surface area contributed by atoms with Crippen molar-refractivity contribution in [2.24, 2.45) is 0 Å². The van der Waals surface area contributed by atoms with Gasteiger partial charge in [-0.2, -0.15) is 0 Å². The van der Waals surface area contributed by atoms with E-state index in [1.807, 2.05) is 0 Å². The SMILES string of the molecule is C=CCOc1cc(F)c(CN2C(=O)N(C)C(C)c3ccc(C(=O)NCc4c(F)cc(F)cc4F)cc32)c(F)c1. The largest absolute Gasteiger partial charge is 0.489 e. The number of benzene rings is 3. The van der Waals surface area contributed by atoms with Crippen molar-refractivity contribution in [2.75, 3.05) is 18.6 Å². The van der Waals surface area contributed by atoms with Crippen LogP contribution in [-0.2, 0) is 13.1 Å². The van der Waals surface area contributed by atoms with E-state index in [1.54, 1.807) is 13.0 Å². The molecule has 0 spiro atoms. The number of rotatable bonds is 8. The molecule has 0 bridgehead atoms. The van der Waals surface area contributed by atoms with Gasteiger partial charge in [0.25, 0.3) is 5.91 Å². The molecule has 0 saturated carbocycles. The van der Waals surface area contributed by atoms with E-state index in [0.717, 1.165) is 17.0 Å². The van der Waals surface area contributed by atoms with Crippen molar-refractivity contribution in [2.45, 2.75) is 26.1 Å². The molecule has 1 aliphatic rings. The highest BCUT2D eigenvalue weighted by atomic mass is 19.2. The number of ether oxygens (including phenoxy) is 1. The minimum absolute atomic E-state index is 0.0281. The number of carbonyl (C=O) groups is 2. The van der Waals surface area contributed by atoms with Crippen molar-refractivity contribution in [3.05, 3.63) is 106 Å². The van der Waals surface area contributed by atoms with Gasteiger partial charge in [-0.25, -0.2) is 26.7 Å². The first-order valence-electron chi connectivity index (χ1n) is 11.8. The highest BCUT2D eigenvalue weighted by Crippen LogP contribution is 2.38. The monoisotopic (exact) mass is 545 g/mol. The lowest BCUT2D eigenvalue weighted by atomic mass is 9.98. The first-order valence-corrected chi connectivity index (χ1v) is 11.8. The van der Waals surface area contributed by atoms with E-state index in [1.165, 1.54) is 30.2 Å². The van der Waals surface area contributed by atoms with E-state index in [2.05, 4.69) is 11.9 Å². The van der Waals surface area contributed by atoms with Gasteiger partial charge in [-0.3, -0.25) is 9.69 Å². The summed E-state index contributed by atoms with van der Waals surface area (Å²) >= 11 is 0. The maximum Gasteiger partial charge on any atom is 0.325 e. The summed E-state index contributed by atoms with van der Waals surface area (Å²) in [5, 5.41) is 2.36. The second-order valence-corrected chi connectivity index (χ2v) is 8.93. The van der Waals surface area contributed by atoms with Gasteiger partial charge in [0.1, 0.15) is 41.4 Å². The van der Waals surface area contributed by atoms with Crippen LogP contribution >= 0.6 is 0 Å². The zero-order valence-corrected chi connectivity index (χ0v) is 21.0. The Kier molecular flexibility index (Phi) is 7.89. The molecular formula is C28H24F5N3O3. The number of halogens is 5. The standard InChI is InChI=1S/C28H24F5N3O3/c1-4-7-39-18-11-24(32)21(25(33)12-18)14-36-26-8-16(5-6-19(26)15(2)35(3)28(36)38)27(37)34-13-20-22(30)9-17(29)10-23(20)31/h4-6,8-12,15H,1,7,13-14H2,2-3H3,(H,34,37). The van der Waals surface area contributed by atoms with Gasteiger partial charge in [-0.05, 0) is 24.6 Å². The Morgan fingerprint density at radius 1 is 1.00 bits per heavy atom. The van der Waals surface area contributed by atoms with E-state index in [0.29, 0.717) is 17.7 Å². The highest BCUT2D eigenvalue weighted by Gasteiger charge is 2.34. The van der Waals surface area contributed by atoms with Gasteiger partial charge in [0.05, 0.1) is 18.3 Å². The molecule has 204 valence electrons. The molecular weight excluding hydrogens is 521 g/mol. The normalized spacial score (nSPS) is 14.7. The zero-order valence-electron chi connectivity index (χ0n) is 21.0. The number of amides is 3. The smallest absolute Gasteiger partial charge is 0.325 e. The third-order valence-corrected chi connectivity index (χ3v) is 6.48. The van der Waals surface area contributed by atoms with Crippen LogP contribution < -0.4 is 15.0 Å². The number of fused-ring (bicyclic) bond motifs is 1. The third kappa shape index (κ3) is 5.57. The molecule has 0 aromatic heterocycles. The summed E-state index contributed by atoms with van der Waals surface area (Å²) in [6, 6.07) is 6.42. The number of anilines is 1. The molecule has 1 heterocycles. The van der Waals surface area contributed by atoms with Gasteiger partial charge in [0.15, 0.2) is 0 Å². The van der Waals surface area contributed by atoms with E-state index in [4.69, 9.17) is 4.74 Å². The molecule has 11 heteroatoms. The van der Waals surface area contributed by atoms with Gasteiger partial charge in [0.2, 0.25) is 0 Å². The van der Waals surface area contributed by atoms with Crippen LogP contribution in [0.1, 0.15) is 40.0 Å². The number of urea groups is 1. The molecule has 1 N–H and O–H groups in total. The molecule has 3 aromatic rings. The third-order valence-electron chi connectivity index (χ3n) is 6.48. The van der Waals surface area contributed by atoms with Crippen molar-refractivity contribution in [3.63, 3.8) is 0 Å². The number of carbonyl (C=O) groups excluding carboxylic acids is 2. The summed E-state index contributed by atoms with van der Waals surface area (Å²) in [4.78, 5) is 28.5. The van der Waals surface area contributed by atoms with Crippen LogP contribution in [0.5, 0.6) is 5.75 Å². The van der Waals surface area contributed by atoms with Crippen LogP contribution in [-0.4, -0.2) is 30.5 Å². The van der Waals surface area contributed by atoms with E-state index in [9.17, 15) is 31.5 Å². The van der Waals surface area contributed by atoms with Crippen LogP contribution in [0.3, 0.4) is 0 Å². The molecule has 4 rings (SSSR count). The molecule has 3 amide bonds. The molecule has 0 fully saturated rings. The predicted octanol–water partition coefficient (Wildman–Crippen LogP) is 6.01. The van der Waals surface area contributed by atoms with Gasteiger partial charge in [-0.1, -0.05) is 18.7 Å². The predicted molar refractivity (Wildman–Crippen MR) is 134 cm³/mol. The maximum absolute atomic E-state index is 14.9. The molecule has 0 radical (unpaired) electrons. The molecule has 1 aliphatic heterocycles. The Labute approximate surface area is 221 Å². The fourth-order valence-corrected chi connectivity index (χ4v) is 4.23. The fourth-order valence-electron chi connectivity index (χ4n) is 4.23. The van der Waals surface area contributed by atoms with Crippen molar-refractivity contribution in [1.82, 2.24) is 10.2 Å². The first kappa shape index (κ1) is 27.6. The topological polar surface area (TPSA) is 61.9 Å². The Bertz CT molecular complexity index is 1420. The average Bonchev–Trinajstić information content (AvgIpc) is 2.88. The summed E-state index contributed by atoms with van der Waals surface area (Å²) in [6.45, 7) is 4.23. The molecule has 1 unspecified atom stereocenters. The van der Waals surface area contributed by atoms with Crippen LogP contribution in [0, 0.1) is 29.1 Å². The number of hydrogen-bond acceptors (Lipinski definition) is 3. The van der Waals surface area contributed by atoms with Gasteiger partial charge in [-0.15, -0.1) is 0 Å². The Hall–Kier alpha value is -4.41. The first-order chi connectivity index (χ1) is 18.5. The number of nitrogens with one attached hydrogen (secondary N) is 1. The lowest BCUT2D eigenvalue weighted by Crippen LogP contribution is -2.47. The van der Waals surface area contributed by atoms with Crippen molar-refractivity contribution < 1.29 is 36.3 Å². The van der Waals surface area contributed by atoms with Crippen molar-refractivity contribution >= 4 is 17.6 Å². The molecule has 3 aromatic carbocycles. The van der Waals surface area contributed by atoms with E-state index >= 15 is 0 Å². The highest BCUT2D eigenvalue weighted by molar-refractivity contribution is 5.99. The van der Waals surface area contributed by atoms with Crippen LogP contribution in [0.4, 0.5) is 32.4 Å². The number of hydrogen-bond donors (Lipinski definition) is 1. The average molecular weight is 546 g/mol. The van der Waals surface area contributed by atoms with Crippen molar-refractivity contribution in [3.8, 4) is 5.75 Å². The second-order valence-electron chi connectivity index (χ2n) is 8.93. The van der Waals surface area contributed by atoms with E-state index < -0.39 is 65.7 Å². The second kappa shape index (κ2) is 11.1. The zero-order chi connectivity index (χ0) is 28.4. The van der Waals surface area contributed by atoms with Gasteiger partial charge >= 0.3 is 6.03 Å². The molecule has 1 atom stereocenters. The lowest BCUT2D eigenvalue weighted by Gasteiger charge is -2.39. The Morgan fingerprint density at radius 2 is 1.62 bits per heavy atom. The van der Waals surface area contributed by atoms with Gasteiger partial charge in [0, 0.05) is 54.5 Å².